The molecule has 0 unspecified atom stereocenters. The highest BCUT2D eigenvalue weighted by molar-refractivity contribution is 7.07. The van der Waals surface area contributed by atoms with Crippen molar-refractivity contribution in [3.63, 3.8) is 0 Å². The van der Waals surface area contributed by atoms with Gasteiger partial charge in [0.2, 0.25) is 0 Å². The fraction of sp³-hybridized carbons (Fsp3) is 0.200. The van der Waals surface area contributed by atoms with E-state index in [0.29, 0.717) is 18.7 Å². The molecule has 0 aliphatic heterocycles. The Kier molecular flexibility index (Phi) is 3.98. The Hall–Kier alpha value is -2.18. The van der Waals surface area contributed by atoms with Crippen LogP contribution in [0.3, 0.4) is 0 Å². The van der Waals surface area contributed by atoms with E-state index in [2.05, 4.69) is 4.98 Å². The zero-order valence-corrected chi connectivity index (χ0v) is 12.2. The summed E-state index contributed by atoms with van der Waals surface area (Å²) >= 11 is 1.60. The summed E-state index contributed by atoms with van der Waals surface area (Å²) in [6, 6.07) is 5.57. The zero-order chi connectivity index (χ0) is 14.7. The highest BCUT2D eigenvalue weighted by atomic mass is 32.1. The topological polar surface area (TPSA) is 57.8 Å². The summed E-state index contributed by atoms with van der Waals surface area (Å²) in [5.41, 5.74) is 2.55. The molecule has 108 valence electrons. The van der Waals surface area contributed by atoms with Gasteiger partial charge in [-0.25, -0.2) is 4.98 Å². The Morgan fingerprint density at radius 3 is 3.10 bits per heavy atom. The molecule has 1 N–H and O–H groups in total. The van der Waals surface area contributed by atoms with E-state index < -0.39 is 0 Å². The second kappa shape index (κ2) is 6.07. The van der Waals surface area contributed by atoms with Crippen molar-refractivity contribution in [2.24, 2.45) is 0 Å². The van der Waals surface area contributed by atoms with Gasteiger partial charge in [0.1, 0.15) is 0 Å². The van der Waals surface area contributed by atoms with E-state index in [-0.39, 0.29) is 12.5 Å². The van der Waals surface area contributed by atoms with Crippen molar-refractivity contribution in [3.8, 4) is 0 Å². The van der Waals surface area contributed by atoms with Gasteiger partial charge in [-0.05, 0) is 34.5 Å². The van der Waals surface area contributed by atoms with E-state index in [1.54, 1.807) is 34.8 Å². The molecule has 3 aromatic rings. The lowest BCUT2D eigenvalue weighted by molar-refractivity contribution is 0.0708. The van der Waals surface area contributed by atoms with Crippen LogP contribution in [0.15, 0.2) is 47.7 Å². The van der Waals surface area contributed by atoms with Gasteiger partial charge < -0.3 is 14.4 Å². The van der Waals surface area contributed by atoms with Crippen LogP contribution >= 0.6 is 11.3 Å². The standard InChI is InChI=1S/C15H15N3O2S/c19-5-4-17(9-12-2-6-21-10-12)15(20)13-1-3-18-11-16-8-14(18)7-13/h1-3,6-8,10-11,19H,4-5,9H2. The van der Waals surface area contributed by atoms with Crippen LogP contribution in [0.25, 0.3) is 5.52 Å². The van der Waals surface area contributed by atoms with Crippen molar-refractivity contribution in [1.82, 2.24) is 14.3 Å². The number of hydrogen-bond donors (Lipinski definition) is 1. The lowest BCUT2D eigenvalue weighted by atomic mass is 10.2. The Morgan fingerprint density at radius 1 is 1.43 bits per heavy atom. The van der Waals surface area contributed by atoms with E-state index in [4.69, 9.17) is 0 Å². The van der Waals surface area contributed by atoms with Crippen LogP contribution in [-0.2, 0) is 6.54 Å². The minimum Gasteiger partial charge on any atom is -0.395 e. The number of fused-ring (bicyclic) bond motifs is 1. The Bertz CT molecular complexity index is 736. The lowest BCUT2D eigenvalue weighted by Gasteiger charge is -2.21. The molecule has 0 aliphatic carbocycles. The predicted octanol–water partition coefficient (Wildman–Crippen LogP) is 2.03. The predicted molar refractivity (Wildman–Crippen MR) is 81.3 cm³/mol. The average Bonchev–Trinajstić information content (AvgIpc) is 3.16. The maximum Gasteiger partial charge on any atom is 0.254 e. The fourth-order valence-corrected chi connectivity index (χ4v) is 2.87. The first-order chi connectivity index (χ1) is 10.3. The van der Waals surface area contributed by atoms with Crippen LogP contribution in [0.2, 0.25) is 0 Å². The van der Waals surface area contributed by atoms with Crippen molar-refractivity contribution < 1.29 is 9.90 Å². The maximum absolute atomic E-state index is 12.6. The quantitative estimate of drug-likeness (QED) is 0.784. The average molecular weight is 301 g/mol. The number of aromatic nitrogens is 2. The first kappa shape index (κ1) is 13.8. The summed E-state index contributed by atoms with van der Waals surface area (Å²) < 4.78 is 1.85. The second-order valence-electron chi connectivity index (χ2n) is 4.72. The molecule has 0 atom stereocenters. The number of rotatable bonds is 5. The van der Waals surface area contributed by atoms with E-state index in [9.17, 15) is 9.90 Å². The Morgan fingerprint density at radius 2 is 2.33 bits per heavy atom. The molecular weight excluding hydrogens is 286 g/mol. The number of thiophene rings is 1. The molecular formula is C15H15N3O2S. The van der Waals surface area contributed by atoms with Crippen molar-refractivity contribution in [1.29, 1.82) is 0 Å². The largest absolute Gasteiger partial charge is 0.395 e. The summed E-state index contributed by atoms with van der Waals surface area (Å²) in [6.07, 6.45) is 5.23. The molecule has 0 spiro atoms. The third-order valence-electron chi connectivity index (χ3n) is 3.27. The normalized spacial score (nSPS) is 10.9. The Balaban J connectivity index is 1.85. The first-order valence-corrected chi connectivity index (χ1v) is 7.55. The minimum atomic E-state index is -0.0843. The highest BCUT2D eigenvalue weighted by Crippen LogP contribution is 2.14. The third-order valence-corrected chi connectivity index (χ3v) is 4.00. The smallest absolute Gasteiger partial charge is 0.254 e. The monoisotopic (exact) mass is 301 g/mol. The molecule has 21 heavy (non-hydrogen) atoms. The molecule has 3 rings (SSSR count). The van der Waals surface area contributed by atoms with Crippen LogP contribution in [0.1, 0.15) is 15.9 Å². The van der Waals surface area contributed by atoms with Crippen molar-refractivity contribution in [3.05, 3.63) is 58.8 Å². The summed E-state index contributed by atoms with van der Waals surface area (Å²) in [5, 5.41) is 13.2. The minimum absolute atomic E-state index is 0.0508. The van der Waals surface area contributed by atoms with Crippen molar-refractivity contribution in [2.45, 2.75) is 6.54 Å². The van der Waals surface area contributed by atoms with Crippen LogP contribution in [0, 0.1) is 0 Å². The number of carbonyl (C=O) groups excluding carboxylic acids is 1. The third kappa shape index (κ3) is 2.96. The number of carbonyl (C=O) groups is 1. The second-order valence-corrected chi connectivity index (χ2v) is 5.50. The molecule has 5 nitrogen and oxygen atoms in total. The summed E-state index contributed by atoms with van der Waals surface area (Å²) in [6.45, 7) is 0.775. The van der Waals surface area contributed by atoms with Crippen molar-refractivity contribution in [2.75, 3.05) is 13.2 Å². The Labute approximate surface area is 126 Å². The number of aliphatic hydroxyl groups is 1. The molecule has 0 fully saturated rings. The van der Waals surface area contributed by atoms with E-state index >= 15 is 0 Å². The van der Waals surface area contributed by atoms with Gasteiger partial charge in [-0.3, -0.25) is 4.79 Å². The van der Waals surface area contributed by atoms with Gasteiger partial charge in [0.25, 0.3) is 5.91 Å². The summed E-state index contributed by atoms with van der Waals surface area (Å²) in [7, 11) is 0. The van der Waals surface area contributed by atoms with Crippen LogP contribution < -0.4 is 0 Å². The van der Waals surface area contributed by atoms with Gasteiger partial charge in [0, 0.05) is 24.8 Å². The lowest BCUT2D eigenvalue weighted by Crippen LogP contribution is -2.33. The van der Waals surface area contributed by atoms with E-state index in [0.717, 1.165) is 11.1 Å². The van der Waals surface area contributed by atoms with E-state index in [1.165, 1.54) is 0 Å². The molecule has 1 amide bonds. The van der Waals surface area contributed by atoms with E-state index in [1.807, 2.05) is 33.5 Å². The van der Waals surface area contributed by atoms with Crippen LogP contribution in [0.4, 0.5) is 0 Å². The molecule has 0 aromatic carbocycles. The van der Waals surface area contributed by atoms with Gasteiger partial charge in [-0.15, -0.1) is 0 Å². The van der Waals surface area contributed by atoms with Crippen molar-refractivity contribution >= 4 is 22.8 Å². The van der Waals surface area contributed by atoms with Crippen LogP contribution in [0.5, 0.6) is 0 Å². The molecule has 0 radical (unpaired) electrons. The fourth-order valence-electron chi connectivity index (χ4n) is 2.21. The zero-order valence-electron chi connectivity index (χ0n) is 11.3. The number of amides is 1. The number of hydrogen-bond acceptors (Lipinski definition) is 4. The summed E-state index contributed by atoms with van der Waals surface area (Å²) in [5.74, 6) is -0.0843. The molecule has 6 heteroatoms. The van der Waals surface area contributed by atoms with Gasteiger partial charge in [0.15, 0.2) is 0 Å². The highest BCUT2D eigenvalue weighted by Gasteiger charge is 2.16. The maximum atomic E-state index is 12.6. The number of nitrogens with zero attached hydrogens (tertiary/aromatic N) is 3. The molecule has 3 heterocycles. The number of imidazole rings is 1. The molecule has 0 saturated carbocycles. The van der Waals surface area contributed by atoms with Gasteiger partial charge in [0.05, 0.1) is 24.6 Å². The molecule has 3 aromatic heterocycles. The number of aliphatic hydroxyl groups excluding tert-OH is 1. The van der Waals surface area contributed by atoms with Gasteiger partial charge in [-0.1, -0.05) is 0 Å². The van der Waals surface area contributed by atoms with Gasteiger partial charge >= 0.3 is 0 Å². The molecule has 0 bridgehead atoms. The molecule has 0 aliphatic rings. The number of pyridine rings is 1. The first-order valence-electron chi connectivity index (χ1n) is 6.61. The SMILES string of the molecule is O=C(c1ccn2cncc2c1)N(CCO)Cc1ccsc1. The molecule has 0 saturated heterocycles. The van der Waals surface area contributed by atoms with Gasteiger partial charge in [-0.2, -0.15) is 11.3 Å². The van der Waals surface area contributed by atoms with Crippen LogP contribution in [-0.4, -0.2) is 38.4 Å². The summed E-state index contributed by atoms with van der Waals surface area (Å²) in [4.78, 5) is 18.3.